The molecular formula is C10H17O2. The summed E-state index contributed by atoms with van der Waals surface area (Å²) in [5.74, 6) is -0.381. The SMILES string of the molecule is [CH2]C(C)C(=O)OC1CCCCC1. The van der Waals surface area contributed by atoms with E-state index in [1.165, 1.54) is 19.3 Å². The molecule has 0 amide bonds. The summed E-state index contributed by atoms with van der Waals surface area (Å²) in [5, 5.41) is 0. The second kappa shape index (κ2) is 4.48. The molecule has 0 aromatic carbocycles. The lowest BCUT2D eigenvalue weighted by molar-refractivity contribution is -0.153. The summed E-state index contributed by atoms with van der Waals surface area (Å²) < 4.78 is 5.25. The van der Waals surface area contributed by atoms with Crippen molar-refractivity contribution in [1.29, 1.82) is 0 Å². The fraction of sp³-hybridized carbons (Fsp3) is 0.800. The Bertz CT molecular complexity index is 146. The highest BCUT2D eigenvalue weighted by molar-refractivity contribution is 5.72. The van der Waals surface area contributed by atoms with Crippen molar-refractivity contribution in [3.05, 3.63) is 6.92 Å². The molecule has 2 nitrogen and oxygen atoms in total. The highest BCUT2D eigenvalue weighted by Crippen LogP contribution is 2.20. The van der Waals surface area contributed by atoms with Crippen LogP contribution in [0.25, 0.3) is 0 Å². The first-order valence-electron chi connectivity index (χ1n) is 4.73. The molecule has 0 bridgehead atoms. The minimum Gasteiger partial charge on any atom is -0.462 e. The normalized spacial score (nSPS) is 19.6. The van der Waals surface area contributed by atoms with E-state index in [0.717, 1.165) is 12.8 Å². The van der Waals surface area contributed by atoms with Crippen LogP contribution in [0.2, 0.25) is 0 Å². The van der Waals surface area contributed by atoms with Gasteiger partial charge in [-0.2, -0.15) is 0 Å². The number of rotatable bonds is 2. The second-order valence-electron chi connectivity index (χ2n) is 3.60. The third-order valence-electron chi connectivity index (χ3n) is 2.24. The van der Waals surface area contributed by atoms with Crippen molar-refractivity contribution in [2.75, 3.05) is 0 Å². The Kier molecular flexibility index (Phi) is 3.57. The summed E-state index contributed by atoms with van der Waals surface area (Å²) >= 11 is 0. The van der Waals surface area contributed by atoms with Crippen molar-refractivity contribution in [2.24, 2.45) is 5.92 Å². The van der Waals surface area contributed by atoms with Crippen LogP contribution >= 0.6 is 0 Å². The van der Waals surface area contributed by atoms with Crippen molar-refractivity contribution < 1.29 is 9.53 Å². The lowest BCUT2D eigenvalue weighted by atomic mass is 9.98. The summed E-state index contributed by atoms with van der Waals surface area (Å²) in [6.45, 7) is 5.40. The van der Waals surface area contributed by atoms with E-state index in [4.69, 9.17) is 4.74 Å². The number of esters is 1. The Labute approximate surface area is 74.3 Å². The highest BCUT2D eigenvalue weighted by Gasteiger charge is 2.18. The highest BCUT2D eigenvalue weighted by atomic mass is 16.5. The first-order chi connectivity index (χ1) is 5.70. The van der Waals surface area contributed by atoms with Crippen LogP contribution in [0, 0.1) is 12.8 Å². The summed E-state index contributed by atoms with van der Waals surface area (Å²) in [7, 11) is 0. The van der Waals surface area contributed by atoms with Crippen molar-refractivity contribution >= 4 is 5.97 Å². The van der Waals surface area contributed by atoms with E-state index in [1.807, 2.05) is 0 Å². The Balaban J connectivity index is 2.24. The summed E-state index contributed by atoms with van der Waals surface area (Å²) in [5.41, 5.74) is 0. The van der Waals surface area contributed by atoms with Crippen molar-refractivity contribution in [3.8, 4) is 0 Å². The van der Waals surface area contributed by atoms with Crippen LogP contribution in [0.3, 0.4) is 0 Å². The zero-order valence-electron chi connectivity index (χ0n) is 7.71. The van der Waals surface area contributed by atoms with Gasteiger partial charge in [0.25, 0.3) is 0 Å². The predicted molar refractivity (Wildman–Crippen MR) is 47.5 cm³/mol. The van der Waals surface area contributed by atoms with Gasteiger partial charge in [0.05, 0.1) is 5.92 Å². The summed E-state index contributed by atoms with van der Waals surface area (Å²) in [6, 6.07) is 0. The van der Waals surface area contributed by atoms with Crippen LogP contribution in [0.5, 0.6) is 0 Å². The Morgan fingerprint density at radius 3 is 2.50 bits per heavy atom. The molecule has 69 valence electrons. The van der Waals surface area contributed by atoms with E-state index >= 15 is 0 Å². The van der Waals surface area contributed by atoms with Gasteiger partial charge < -0.3 is 4.74 Å². The summed E-state index contributed by atoms with van der Waals surface area (Å²) in [6.07, 6.45) is 5.94. The van der Waals surface area contributed by atoms with Gasteiger partial charge in [0.1, 0.15) is 6.10 Å². The lowest BCUT2D eigenvalue weighted by Crippen LogP contribution is -2.23. The minimum atomic E-state index is -0.230. The zero-order chi connectivity index (χ0) is 8.97. The molecule has 12 heavy (non-hydrogen) atoms. The van der Waals surface area contributed by atoms with Gasteiger partial charge in [0, 0.05) is 0 Å². The van der Waals surface area contributed by atoms with Gasteiger partial charge in [-0.3, -0.25) is 4.79 Å². The Hall–Kier alpha value is -0.530. The van der Waals surface area contributed by atoms with Crippen LogP contribution in [0.15, 0.2) is 0 Å². The van der Waals surface area contributed by atoms with E-state index < -0.39 is 0 Å². The van der Waals surface area contributed by atoms with Crippen molar-refractivity contribution in [3.63, 3.8) is 0 Å². The number of carbonyl (C=O) groups excluding carboxylic acids is 1. The monoisotopic (exact) mass is 169 g/mol. The Morgan fingerprint density at radius 2 is 2.00 bits per heavy atom. The average molecular weight is 169 g/mol. The quantitative estimate of drug-likeness (QED) is 0.593. The average Bonchev–Trinajstić information content (AvgIpc) is 2.06. The third-order valence-corrected chi connectivity index (χ3v) is 2.24. The lowest BCUT2D eigenvalue weighted by Gasteiger charge is -2.22. The molecule has 0 spiro atoms. The molecule has 1 aliphatic carbocycles. The molecule has 0 N–H and O–H groups in total. The molecule has 1 atom stereocenters. The number of hydrogen-bond donors (Lipinski definition) is 0. The van der Waals surface area contributed by atoms with Gasteiger partial charge >= 0.3 is 5.97 Å². The van der Waals surface area contributed by atoms with E-state index in [0.29, 0.717) is 0 Å². The topological polar surface area (TPSA) is 26.3 Å². The van der Waals surface area contributed by atoms with Crippen LogP contribution in [-0.4, -0.2) is 12.1 Å². The molecule has 2 heteroatoms. The van der Waals surface area contributed by atoms with Crippen LogP contribution in [-0.2, 0) is 9.53 Å². The van der Waals surface area contributed by atoms with Gasteiger partial charge in [-0.1, -0.05) is 13.3 Å². The van der Waals surface area contributed by atoms with Crippen molar-refractivity contribution in [1.82, 2.24) is 0 Å². The maximum atomic E-state index is 11.1. The predicted octanol–water partition coefficient (Wildman–Crippen LogP) is 2.33. The molecule has 1 unspecified atom stereocenters. The van der Waals surface area contributed by atoms with E-state index in [9.17, 15) is 4.79 Å². The van der Waals surface area contributed by atoms with Crippen LogP contribution in [0.1, 0.15) is 39.0 Å². The van der Waals surface area contributed by atoms with E-state index in [1.54, 1.807) is 6.92 Å². The maximum absolute atomic E-state index is 11.1. The Morgan fingerprint density at radius 1 is 1.42 bits per heavy atom. The van der Waals surface area contributed by atoms with Crippen LogP contribution < -0.4 is 0 Å². The molecule has 0 aromatic rings. The van der Waals surface area contributed by atoms with E-state index in [2.05, 4.69) is 6.92 Å². The first-order valence-corrected chi connectivity index (χ1v) is 4.73. The van der Waals surface area contributed by atoms with Crippen molar-refractivity contribution in [2.45, 2.75) is 45.1 Å². The fourth-order valence-corrected chi connectivity index (χ4v) is 1.46. The molecule has 0 aromatic heterocycles. The molecule has 1 radical (unpaired) electrons. The molecule has 1 saturated carbocycles. The van der Waals surface area contributed by atoms with Gasteiger partial charge in [0.15, 0.2) is 0 Å². The molecule has 1 rings (SSSR count). The molecule has 1 fully saturated rings. The third kappa shape index (κ3) is 2.84. The standard InChI is InChI=1S/C10H17O2/c1-8(2)10(11)12-9-6-4-3-5-7-9/h8-9H,1,3-7H2,2H3. The molecule has 0 aliphatic heterocycles. The fourth-order valence-electron chi connectivity index (χ4n) is 1.46. The van der Waals surface area contributed by atoms with Gasteiger partial charge in [0.2, 0.25) is 0 Å². The smallest absolute Gasteiger partial charge is 0.308 e. The summed E-state index contributed by atoms with van der Waals surface area (Å²) in [4.78, 5) is 11.1. The van der Waals surface area contributed by atoms with Gasteiger partial charge in [-0.05, 0) is 32.6 Å². The largest absolute Gasteiger partial charge is 0.462 e. The van der Waals surface area contributed by atoms with Crippen LogP contribution in [0.4, 0.5) is 0 Å². The number of ether oxygens (including phenoxy) is 1. The molecule has 0 heterocycles. The maximum Gasteiger partial charge on any atom is 0.308 e. The zero-order valence-corrected chi connectivity index (χ0v) is 7.71. The minimum absolute atomic E-state index is 0.151. The molecular weight excluding hydrogens is 152 g/mol. The first kappa shape index (κ1) is 9.56. The molecule has 1 aliphatic rings. The van der Waals surface area contributed by atoms with E-state index in [-0.39, 0.29) is 18.0 Å². The molecule has 0 saturated heterocycles. The second-order valence-corrected chi connectivity index (χ2v) is 3.60. The number of carbonyl (C=O) groups is 1. The van der Waals surface area contributed by atoms with Gasteiger partial charge in [-0.15, -0.1) is 0 Å². The number of hydrogen-bond acceptors (Lipinski definition) is 2. The van der Waals surface area contributed by atoms with Gasteiger partial charge in [-0.25, -0.2) is 0 Å².